The Labute approximate surface area is 165 Å². The maximum absolute atomic E-state index is 12.4. The molecule has 136 valence electrons. The number of carbonyl (C=O) groups is 2. The second-order valence-corrected chi connectivity index (χ2v) is 7.28. The van der Waals surface area contributed by atoms with Crippen LogP contribution in [0.2, 0.25) is 5.02 Å². The molecule has 2 amide bonds. The summed E-state index contributed by atoms with van der Waals surface area (Å²) < 4.78 is 6.17. The highest BCUT2D eigenvalue weighted by Gasteiger charge is 2.19. The van der Waals surface area contributed by atoms with Gasteiger partial charge in [0.15, 0.2) is 6.61 Å². The van der Waals surface area contributed by atoms with Crippen molar-refractivity contribution in [2.24, 2.45) is 0 Å². The Bertz CT molecular complexity index is 822. The molecule has 1 aliphatic heterocycles. The lowest BCUT2D eigenvalue weighted by Crippen LogP contribution is -2.27. The Balaban J connectivity index is 1.58. The maximum Gasteiger partial charge on any atom is 0.262 e. The summed E-state index contributed by atoms with van der Waals surface area (Å²) in [5.41, 5.74) is 1.14. The zero-order valence-electron chi connectivity index (χ0n) is 14.0. The number of amides is 2. The average Bonchev–Trinajstić information content (AvgIpc) is 3.15. The molecular weight excluding hydrogens is 420 g/mol. The highest BCUT2D eigenvalue weighted by atomic mass is 79.9. The lowest BCUT2D eigenvalue weighted by molar-refractivity contribution is -0.118. The molecule has 1 heterocycles. The van der Waals surface area contributed by atoms with Gasteiger partial charge in [0.1, 0.15) is 5.75 Å². The van der Waals surface area contributed by atoms with Gasteiger partial charge in [0.05, 0.1) is 4.47 Å². The van der Waals surface area contributed by atoms with Crippen LogP contribution in [0.5, 0.6) is 5.75 Å². The van der Waals surface area contributed by atoms with Gasteiger partial charge in [0, 0.05) is 29.4 Å². The third-order valence-corrected chi connectivity index (χ3v) is 4.89. The Hall–Kier alpha value is -2.05. The van der Waals surface area contributed by atoms with Gasteiger partial charge in [-0.3, -0.25) is 9.59 Å². The minimum absolute atomic E-state index is 0.0000520. The van der Waals surface area contributed by atoms with E-state index in [4.69, 9.17) is 16.3 Å². The molecule has 2 aromatic carbocycles. The number of nitrogens with one attached hydrogen (secondary N) is 1. The van der Waals surface area contributed by atoms with Crippen LogP contribution in [0.15, 0.2) is 46.9 Å². The number of hydrogen-bond donors (Lipinski definition) is 1. The van der Waals surface area contributed by atoms with Crippen molar-refractivity contribution in [2.45, 2.75) is 12.8 Å². The highest BCUT2D eigenvalue weighted by molar-refractivity contribution is 9.10. The lowest BCUT2D eigenvalue weighted by atomic mass is 10.1. The fourth-order valence-corrected chi connectivity index (χ4v) is 3.56. The maximum atomic E-state index is 12.4. The normalized spacial score (nSPS) is 13.5. The van der Waals surface area contributed by atoms with Crippen molar-refractivity contribution in [3.05, 3.63) is 57.5 Å². The van der Waals surface area contributed by atoms with E-state index in [1.54, 1.807) is 42.5 Å². The molecule has 0 saturated carbocycles. The van der Waals surface area contributed by atoms with Crippen LogP contribution in [0, 0.1) is 0 Å². The number of ether oxygens (including phenoxy) is 1. The molecule has 1 saturated heterocycles. The number of nitrogens with zero attached hydrogens (tertiary/aromatic N) is 1. The largest absolute Gasteiger partial charge is 0.483 e. The summed E-state index contributed by atoms with van der Waals surface area (Å²) in [4.78, 5) is 26.4. The number of halogens is 2. The molecule has 1 aliphatic rings. The van der Waals surface area contributed by atoms with Gasteiger partial charge >= 0.3 is 0 Å². The first kappa shape index (κ1) is 18.7. The van der Waals surface area contributed by atoms with Gasteiger partial charge in [-0.05, 0) is 65.2 Å². The number of hydrogen-bond acceptors (Lipinski definition) is 3. The summed E-state index contributed by atoms with van der Waals surface area (Å²) in [5, 5.41) is 3.33. The van der Waals surface area contributed by atoms with Crippen molar-refractivity contribution in [1.29, 1.82) is 0 Å². The number of benzene rings is 2. The monoisotopic (exact) mass is 436 g/mol. The van der Waals surface area contributed by atoms with E-state index in [1.807, 2.05) is 4.90 Å². The summed E-state index contributed by atoms with van der Waals surface area (Å²) in [6.07, 6.45) is 2.08. The molecule has 2 aromatic rings. The number of anilines is 1. The number of carbonyl (C=O) groups excluding carboxylic acids is 2. The zero-order chi connectivity index (χ0) is 18.5. The van der Waals surface area contributed by atoms with E-state index in [2.05, 4.69) is 21.2 Å². The van der Waals surface area contributed by atoms with Crippen LogP contribution in [0.25, 0.3) is 0 Å². The first-order valence-electron chi connectivity index (χ1n) is 8.30. The third-order valence-electron chi connectivity index (χ3n) is 4.04. The van der Waals surface area contributed by atoms with E-state index < -0.39 is 0 Å². The minimum atomic E-state index is -0.308. The van der Waals surface area contributed by atoms with E-state index in [-0.39, 0.29) is 18.4 Å². The molecule has 7 heteroatoms. The van der Waals surface area contributed by atoms with Crippen LogP contribution < -0.4 is 10.1 Å². The van der Waals surface area contributed by atoms with Crippen molar-refractivity contribution in [1.82, 2.24) is 4.90 Å². The highest BCUT2D eigenvalue weighted by Crippen LogP contribution is 2.28. The van der Waals surface area contributed by atoms with Crippen LogP contribution in [0.3, 0.4) is 0 Å². The average molecular weight is 438 g/mol. The minimum Gasteiger partial charge on any atom is -0.483 e. The Morgan fingerprint density at radius 3 is 2.65 bits per heavy atom. The molecule has 1 N–H and O–H groups in total. The summed E-state index contributed by atoms with van der Waals surface area (Å²) in [7, 11) is 0. The van der Waals surface area contributed by atoms with Gasteiger partial charge in [0.2, 0.25) is 0 Å². The molecule has 0 aliphatic carbocycles. The molecule has 0 unspecified atom stereocenters. The van der Waals surface area contributed by atoms with Crippen LogP contribution in [-0.4, -0.2) is 36.4 Å². The molecule has 0 bridgehead atoms. The van der Waals surface area contributed by atoms with Crippen molar-refractivity contribution in [3.63, 3.8) is 0 Å². The van der Waals surface area contributed by atoms with E-state index in [0.717, 1.165) is 25.9 Å². The molecule has 1 fully saturated rings. The first-order valence-corrected chi connectivity index (χ1v) is 9.47. The molecular formula is C19H18BrClN2O3. The van der Waals surface area contributed by atoms with Crippen LogP contribution in [-0.2, 0) is 4.79 Å². The van der Waals surface area contributed by atoms with Crippen molar-refractivity contribution < 1.29 is 14.3 Å². The SMILES string of the molecule is O=C(COc1ccc(Cl)cc1Br)Nc1cccc(C(=O)N2CCCC2)c1. The Morgan fingerprint density at radius 1 is 1.15 bits per heavy atom. The third kappa shape index (κ3) is 4.77. The molecule has 26 heavy (non-hydrogen) atoms. The molecule has 5 nitrogen and oxygen atoms in total. The van der Waals surface area contributed by atoms with Crippen molar-refractivity contribution in [3.8, 4) is 5.75 Å². The fraction of sp³-hybridized carbons (Fsp3) is 0.263. The Morgan fingerprint density at radius 2 is 1.92 bits per heavy atom. The van der Waals surface area contributed by atoms with E-state index in [0.29, 0.717) is 26.5 Å². The quantitative estimate of drug-likeness (QED) is 0.756. The predicted molar refractivity (Wildman–Crippen MR) is 105 cm³/mol. The number of rotatable bonds is 5. The van der Waals surface area contributed by atoms with E-state index in [1.165, 1.54) is 0 Å². The summed E-state index contributed by atoms with van der Waals surface area (Å²) in [5.74, 6) is 0.222. The molecule has 0 radical (unpaired) electrons. The van der Waals surface area contributed by atoms with Gasteiger partial charge < -0.3 is 15.0 Å². The predicted octanol–water partition coefficient (Wildman–Crippen LogP) is 4.36. The lowest BCUT2D eigenvalue weighted by Gasteiger charge is -2.16. The second kappa shape index (κ2) is 8.56. The van der Waals surface area contributed by atoms with Gasteiger partial charge in [0.25, 0.3) is 11.8 Å². The smallest absolute Gasteiger partial charge is 0.262 e. The molecule has 3 rings (SSSR count). The first-order chi connectivity index (χ1) is 12.5. The Kier molecular flexibility index (Phi) is 6.16. The standard InChI is InChI=1S/C19H18BrClN2O3/c20-16-11-14(21)6-7-17(16)26-12-18(24)22-15-5-3-4-13(10-15)19(25)23-8-1-2-9-23/h3-7,10-11H,1-2,8-9,12H2,(H,22,24). The molecule has 0 spiro atoms. The van der Waals surface area contributed by atoms with E-state index >= 15 is 0 Å². The summed E-state index contributed by atoms with van der Waals surface area (Å²) in [6, 6.07) is 12.0. The fourth-order valence-electron chi connectivity index (χ4n) is 2.77. The van der Waals surface area contributed by atoms with Gasteiger partial charge in [-0.2, -0.15) is 0 Å². The van der Waals surface area contributed by atoms with Crippen molar-refractivity contribution >= 4 is 45.0 Å². The summed E-state index contributed by atoms with van der Waals surface area (Å²) in [6.45, 7) is 1.43. The van der Waals surface area contributed by atoms with Crippen LogP contribution in [0.1, 0.15) is 23.2 Å². The molecule has 0 atom stereocenters. The molecule has 0 aromatic heterocycles. The van der Waals surface area contributed by atoms with Gasteiger partial charge in [-0.15, -0.1) is 0 Å². The summed E-state index contributed by atoms with van der Waals surface area (Å²) >= 11 is 9.22. The van der Waals surface area contributed by atoms with Gasteiger partial charge in [-0.25, -0.2) is 0 Å². The number of likely N-dealkylation sites (tertiary alicyclic amines) is 1. The van der Waals surface area contributed by atoms with Crippen LogP contribution >= 0.6 is 27.5 Å². The van der Waals surface area contributed by atoms with Crippen molar-refractivity contribution in [2.75, 3.05) is 25.0 Å². The topological polar surface area (TPSA) is 58.6 Å². The van der Waals surface area contributed by atoms with Crippen LogP contribution in [0.4, 0.5) is 5.69 Å². The van der Waals surface area contributed by atoms with Gasteiger partial charge in [-0.1, -0.05) is 17.7 Å². The van der Waals surface area contributed by atoms with E-state index in [9.17, 15) is 9.59 Å². The second-order valence-electron chi connectivity index (χ2n) is 5.99. The zero-order valence-corrected chi connectivity index (χ0v) is 16.3.